The van der Waals surface area contributed by atoms with Crippen molar-refractivity contribution in [3.05, 3.63) is 188 Å². The number of anilines is 2. The van der Waals surface area contributed by atoms with Gasteiger partial charge in [-0.3, -0.25) is 35.0 Å². The number of aliphatic hydroxyl groups is 2. The summed E-state index contributed by atoms with van der Waals surface area (Å²) in [7, 11) is 3.89. The zero-order valence-electron chi connectivity index (χ0n) is 59.1. The number of hydrogen-bond donors (Lipinski definition) is 6. The maximum atomic E-state index is 14.4. The van der Waals surface area contributed by atoms with Crippen LogP contribution >= 0.6 is 0 Å². The van der Waals surface area contributed by atoms with Crippen molar-refractivity contribution in [2.24, 2.45) is 0 Å². The number of ether oxygens (including phenoxy) is 4. The van der Waals surface area contributed by atoms with Crippen LogP contribution in [-0.2, 0) is 49.5 Å². The molecule has 3 amide bonds. The highest BCUT2D eigenvalue weighted by Crippen LogP contribution is 2.46. The molecule has 3 aliphatic rings. The summed E-state index contributed by atoms with van der Waals surface area (Å²) in [5, 5.41) is 49.3. The fourth-order valence-corrected chi connectivity index (χ4v) is 12.9. The summed E-state index contributed by atoms with van der Waals surface area (Å²) >= 11 is 0. The number of nitrogens with one attached hydrogen (secondary N) is 3. The molecule has 1 saturated heterocycles. The summed E-state index contributed by atoms with van der Waals surface area (Å²) in [6.45, 7) is 18.6. The number of aryl methyl sites for hydroxylation is 2. The number of nitro groups is 1. The first-order valence-electron chi connectivity index (χ1n) is 34.2. The van der Waals surface area contributed by atoms with E-state index < -0.39 is 53.1 Å². The zero-order chi connectivity index (χ0) is 73.0. The van der Waals surface area contributed by atoms with Gasteiger partial charge in [0, 0.05) is 71.7 Å². The van der Waals surface area contributed by atoms with E-state index in [9.17, 15) is 48.3 Å². The Hall–Kier alpha value is -9.58. The monoisotopic (exact) mass is 1400 g/mol. The number of urea groups is 1. The van der Waals surface area contributed by atoms with E-state index in [0.717, 1.165) is 122 Å². The number of non-ortho nitro benzene ring substituents is 1. The highest BCUT2D eigenvalue weighted by molar-refractivity contribution is 5.93. The molecule has 102 heavy (non-hydrogen) atoms. The number of fused-ring (bicyclic) bond motifs is 6. The fraction of sp³-hybridized carbons (Fsp3) is 0.400. The van der Waals surface area contributed by atoms with Crippen molar-refractivity contribution in [2.75, 3.05) is 37.8 Å². The number of amides is 3. The second kappa shape index (κ2) is 34.4. The van der Waals surface area contributed by atoms with Crippen LogP contribution in [-0.4, -0.2) is 122 Å². The number of carbonyl (C=O) groups is 4. The van der Waals surface area contributed by atoms with Crippen molar-refractivity contribution in [2.45, 2.75) is 182 Å². The van der Waals surface area contributed by atoms with E-state index in [2.05, 4.69) is 29.8 Å². The molecule has 0 bridgehead atoms. The minimum absolute atomic E-state index is 0. The molecule has 10 rings (SSSR count). The Bertz CT molecular complexity index is 4210. The molecule has 0 unspecified atom stereocenters. The van der Waals surface area contributed by atoms with Gasteiger partial charge in [0.25, 0.3) is 5.69 Å². The lowest BCUT2D eigenvalue weighted by Gasteiger charge is -2.40. The maximum absolute atomic E-state index is 14.4. The second-order valence-corrected chi connectivity index (χ2v) is 28.0. The van der Waals surface area contributed by atoms with Crippen LogP contribution in [0.15, 0.2) is 121 Å². The van der Waals surface area contributed by atoms with Gasteiger partial charge in [0.15, 0.2) is 5.79 Å². The first-order chi connectivity index (χ1) is 47.9. The van der Waals surface area contributed by atoms with Gasteiger partial charge >= 0.3 is 24.1 Å². The molecule has 5 aromatic carbocycles. The van der Waals surface area contributed by atoms with Crippen molar-refractivity contribution >= 4 is 53.3 Å². The summed E-state index contributed by atoms with van der Waals surface area (Å²) in [5.41, 5.74) is 14.7. The van der Waals surface area contributed by atoms with Gasteiger partial charge in [0.05, 0.1) is 65.0 Å². The molecule has 2 aromatic heterocycles. The molecule has 0 spiro atoms. The normalized spacial score (nSPS) is 16.0. The predicted molar refractivity (Wildman–Crippen MR) is 393 cm³/mol. The number of halogens is 2. The summed E-state index contributed by atoms with van der Waals surface area (Å²) in [5.74, 6) is -3.00. The lowest BCUT2D eigenvalue weighted by molar-refractivity contribution is -0.384. The number of aliphatic hydroxyl groups excluding tert-OH is 2. The number of aliphatic carboxylic acids is 1. The third-order valence-electron chi connectivity index (χ3n) is 17.3. The number of carboxylic acid groups (broad SMARTS) is 1. The first-order valence-corrected chi connectivity index (χ1v) is 34.2. The molecule has 6 N–H and O–H groups in total. The molecular formula is C80H95F2N7O13. The van der Waals surface area contributed by atoms with Crippen LogP contribution in [0.4, 0.5) is 35.4 Å². The Morgan fingerprint density at radius 1 is 0.745 bits per heavy atom. The van der Waals surface area contributed by atoms with Crippen LogP contribution < -0.4 is 20.7 Å². The van der Waals surface area contributed by atoms with Crippen molar-refractivity contribution in [3.8, 4) is 50.5 Å². The van der Waals surface area contributed by atoms with Gasteiger partial charge in [-0.2, -0.15) is 0 Å². The average Bonchev–Trinajstić information content (AvgIpc) is 1.31. The Kier molecular flexibility index (Phi) is 26.3. The van der Waals surface area contributed by atoms with Gasteiger partial charge in [-0.15, -0.1) is 0 Å². The second-order valence-electron chi connectivity index (χ2n) is 28.0. The maximum Gasteiger partial charge on any atom is 0.417 e. The van der Waals surface area contributed by atoms with E-state index in [1.165, 1.54) is 48.5 Å². The minimum Gasteiger partial charge on any atom is -0.481 e. The number of likely N-dealkylation sites (N-methyl/N-ethyl adjacent to an activating group) is 1. The number of benzene rings is 5. The third-order valence-corrected chi connectivity index (χ3v) is 17.3. The summed E-state index contributed by atoms with van der Waals surface area (Å²) in [4.78, 5) is 72.4. The van der Waals surface area contributed by atoms with Crippen molar-refractivity contribution < 1.29 is 67.1 Å². The first kappa shape index (κ1) is 78.1. The number of pyridine rings is 2. The molecular weight excluding hydrogens is 1300 g/mol. The largest absolute Gasteiger partial charge is 0.481 e. The Labute approximate surface area is 595 Å². The number of carboxylic acids is 1. The number of esters is 1. The summed E-state index contributed by atoms with van der Waals surface area (Å²) in [6.07, 6.45) is 8.16. The topological polar surface area (TPSA) is 274 Å². The van der Waals surface area contributed by atoms with Crippen LogP contribution in [0, 0.1) is 21.7 Å². The highest BCUT2D eigenvalue weighted by atomic mass is 19.1. The van der Waals surface area contributed by atoms with Gasteiger partial charge in [-0.25, -0.2) is 18.4 Å². The Balaban J connectivity index is 0.000000263. The quantitative estimate of drug-likeness (QED) is 0.0222. The van der Waals surface area contributed by atoms with Crippen molar-refractivity contribution in [3.63, 3.8) is 0 Å². The molecule has 20 nitrogen and oxygen atoms in total. The number of carbonyl (C=O) groups excluding carboxylic acids is 3. The van der Waals surface area contributed by atoms with Crippen LogP contribution in [0.5, 0.6) is 5.75 Å². The van der Waals surface area contributed by atoms with E-state index in [1.807, 2.05) is 116 Å². The van der Waals surface area contributed by atoms with Gasteiger partial charge in [-0.05, 0) is 204 Å². The van der Waals surface area contributed by atoms with E-state index in [1.54, 1.807) is 36.4 Å². The van der Waals surface area contributed by atoms with E-state index in [0.29, 0.717) is 37.2 Å². The lowest BCUT2D eigenvalue weighted by atomic mass is 9.86. The van der Waals surface area contributed by atoms with Crippen LogP contribution in [0.25, 0.3) is 56.9 Å². The number of nitrogens with zero attached hydrogens (tertiary/aromatic N) is 4. The highest BCUT2D eigenvalue weighted by Gasteiger charge is 2.37. The number of aromatic nitrogens is 2. The van der Waals surface area contributed by atoms with Crippen molar-refractivity contribution in [1.82, 2.24) is 20.2 Å². The van der Waals surface area contributed by atoms with Gasteiger partial charge in [-0.1, -0.05) is 95.8 Å². The molecule has 4 atom stereocenters. The molecule has 1 aliphatic heterocycles. The molecule has 2 aliphatic carbocycles. The Morgan fingerprint density at radius 3 is 1.75 bits per heavy atom. The number of rotatable bonds is 21. The number of nitro benzene ring substituents is 1. The van der Waals surface area contributed by atoms with Gasteiger partial charge < -0.3 is 49.8 Å². The van der Waals surface area contributed by atoms with E-state index >= 15 is 0 Å². The summed E-state index contributed by atoms with van der Waals surface area (Å²) in [6, 6.07) is 29.3. The van der Waals surface area contributed by atoms with Crippen LogP contribution in [0.2, 0.25) is 0 Å². The standard InChI is InChI=1S/C44H48FN3O8.C35H43FN4O5.CH4/c1-26(2)40-36(22-21-33-24-34(55-44(6,7)54-33)25-38(49)56-43(3,4)5)39(28-11-14-29(45)15-12-28)35-10-8-9-27-13-16-30(23-37(27)41(35)47-40)46-42(50)53-32-19-17-31(18-20-32)48(51)52;1-21(2)33-29(15-14-26(41)19-27(42)20-31(43)44)32(23-8-11-24(36)12-9-23)28-7-5-6-22-10-13-25(18-30(22)34(28)39-33)38-35(45)37-16-17-40(3)4;/h11-23,26,33-34H,8-10,24-25H2,1-7H3,(H,46,50);8-15,18,21,26-27,41-42H,5-7,16-17,19-20H2,1-4H3,(H,43,44)(H2,37,38,45);1H4/b22-21+;15-14+;/t33-,34-;26-,27-;/m11./s1. The lowest BCUT2D eigenvalue weighted by Crippen LogP contribution is -2.45. The molecule has 3 heterocycles. The summed E-state index contributed by atoms with van der Waals surface area (Å²) < 4.78 is 51.9. The minimum atomic E-state index is -1.19. The molecule has 1 fully saturated rings. The van der Waals surface area contributed by atoms with E-state index in [4.69, 9.17) is 34.0 Å². The smallest absolute Gasteiger partial charge is 0.417 e. The van der Waals surface area contributed by atoms with Crippen LogP contribution in [0.3, 0.4) is 0 Å². The molecule has 0 saturated carbocycles. The molecule has 542 valence electrons. The van der Waals surface area contributed by atoms with Gasteiger partial charge in [0.2, 0.25) is 0 Å². The fourth-order valence-electron chi connectivity index (χ4n) is 12.9. The van der Waals surface area contributed by atoms with Crippen LogP contribution in [0.1, 0.15) is 165 Å². The SMILES string of the molecule is C.CC(C)c1nc2c(c(-c3ccc(F)cc3)c1/C=C/[C@@H](O)C[C@@H](O)CC(=O)O)CCCc1ccc(NC(=O)NCCN(C)C)cc1-2.CC(C)c1nc2c(c(-c3ccc(F)cc3)c1/C=C/[C@@H]1C[C@H](CC(=O)OC(C)(C)C)OC(C)(C)O1)CCCc1ccc(NC(=O)Oc3ccc([N+](=O)[O-])cc3)cc1-2. The molecule has 0 radical (unpaired) electrons. The molecule has 7 aromatic rings. The third kappa shape index (κ3) is 21.0. The predicted octanol–water partition coefficient (Wildman–Crippen LogP) is 16.4. The zero-order valence-corrected chi connectivity index (χ0v) is 59.1. The average molecular weight is 1400 g/mol. The van der Waals surface area contributed by atoms with Gasteiger partial charge in [0.1, 0.15) is 23.0 Å². The Morgan fingerprint density at radius 2 is 1.26 bits per heavy atom. The van der Waals surface area contributed by atoms with E-state index in [-0.39, 0.29) is 73.3 Å². The molecule has 22 heteroatoms. The number of hydrogen-bond acceptors (Lipinski definition) is 15. The van der Waals surface area contributed by atoms with Crippen molar-refractivity contribution in [1.29, 1.82) is 0 Å².